The summed E-state index contributed by atoms with van der Waals surface area (Å²) in [6.07, 6.45) is 1.39. The topological polar surface area (TPSA) is 78.9 Å². The van der Waals surface area contributed by atoms with Crippen molar-refractivity contribution < 1.29 is 10.0 Å². The molecule has 1 amide bonds. The minimum atomic E-state index is -0.335. The molecule has 1 heterocycles. The van der Waals surface area contributed by atoms with Crippen LogP contribution in [-0.4, -0.2) is 34.9 Å². The first-order chi connectivity index (χ1) is 9.85. The van der Waals surface area contributed by atoms with Gasteiger partial charge in [0, 0.05) is 28.5 Å². The summed E-state index contributed by atoms with van der Waals surface area (Å²) < 4.78 is 0.907. The van der Waals surface area contributed by atoms with Crippen LogP contribution in [0, 0.1) is 12.3 Å². The maximum atomic E-state index is 12.5. The Balaban J connectivity index is 2.10. The molecule has 5 nitrogen and oxygen atoms in total. The van der Waals surface area contributed by atoms with Crippen molar-refractivity contribution >= 4 is 27.7 Å². The number of amidine groups is 1. The standard InChI is InChI=1S/C15H20BrN3O2/c1-10-7-11(9-12(16)8-10)13(20)19-5-3-15(2,4-6-19)14(17)18-21/h7-9,21H,3-6H2,1-2H3,(H2,17,18). The Labute approximate surface area is 132 Å². The highest BCUT2D eigenvalue weighted by atomic mass is 79.9. The summed E-state index contributed by atoms with van der Waals surface area (Å²) in [5, 5.41) is 12.0. The molecule has 0 aromatic heterocycles. The van der Waals surface area contributed by atoms with Crippen LogP contribution in [0.4, 0.5) is 0 Å². The highest BCUT2D eigenvalue weighted by molar-refractivity contribution is 9.10. The Bertz CT molecular complexity index is 558. The fourth-order valence-corrected chi connectivity index (χ4v) is 3.23. The molecule has 21 heavy (non-hydrogen) atoms. The predicted molar refractivity (Wildman–Crippen MR) is 85.5 cm³/mol. The van der Waals surface area contributed by atoms with Crippen LogP contribution in [-0.2, 0) is 0 Å². The van der Waals surface area contributed by atoms with Crippen LogP contribution >= 0.6 is 15.9 Å². The summed E-state index contributed by atoms with van der Waals surface area (Å²) in [4.78, 5) is 14.4. The molecule has 1 saturated heterocycles. The normalized spacial score (nSPS) is 18.6. The quantitative estimate of drug-likeness (QED) is 0.371. The van der Waals surface area contributed by atoms with Crippen LogP contribution in [0.25, 0.3) is 0 Å². The Kier molecular flexibility index (Phi) is 4.56. The van der Waals surface area contributed by atoms with Gasteiger partial charge in [0.25, 0.3) is 5.91 Å². The Hall–Kier alpha value is -1.56. The zero-order chi connectivity index (χ0) is 15.6. The van der Waals surface area contributed by atoms with Gasteiger partial charge in [0.1, 0.15) is 5.84 Å². The third-order valence-corrected chi connectivity index (χ3v) is 4.63. The monoisotopic (exact) mass is 353 g/mol. The van der Waals surface area contributed by atoms with Crippen LogP contribution in [0.5, 0.6) is 0 Å². The SMILES string of the molecule is Cc1cc(Br)cc(C(=O)N2CCC(C)(/C(N)=N/O)CC2)c1. The van der Waals surface area contributed by atoms with E-state index in [0.717, 1.165) is 10.0 Å². The zero-order valence-corrected chi connectivity index (χ0v) is 13.9. The number of oxime groups is 1. The van der Waals surface area contributed by atoms with Gasteiger partial charge in [-0.25, -0.2) is 0 Å². The third-order valence-electron chi connectivity index (χ3n) is 4.17. The lowest BCUT2D eigenvalue weighted by Gasteiger charge is -2.38. The van der Waals surface area contributed by atoms with Crippen molar-refractivity contribution in [1.82, 2.24) is 4.90 Å². The fourth-order valence-electron chi connectivity index (χ4n) is 2.62. The number of hydrogen-bond acceptors (Lipinski definition) is 3. The van der Waals surface area contributed by atoms with E-state index < -0.39 is 0 Å². The molecule has 0 bridgehead atoms. The number of likely N-dealkylation sites (tertiary alicyclic amines) is 1. The second-order valence-corrected chi connectivity index (χ2v) is 6.77. The lowest BCUT2D eigenvalue weighted by molar-refractivity contribution is 0.0666. The Morgan fingerprint density at radius 2 is 2.00 bits per heavy atom. The van der Waals surface area contributed by atoms with Crippen LogP contribution in [0.3, 0.4) is 0 Å². The number of halogens is 1. The van der Waals surface area contributed by atoms with Crippen LogP contribution in [0.15, 0.2) is 27.8 Å². The first-order valence-electron chi connectivity index (χ1n) is 6.90. The molecule has 0 atom stereocenters. The molecule has 0 unspecified atom stereocenters. The van der Waals surface area contributed by atoms with E-state index in [-0.39, 0.29) is 17.2 Å². The molecule has 0 aliphatic carbocycles. The summed E-state index contributed by atoms with van der Waals surface area (Å²) in [6, 6.07) is 5.71. The van der Waals surface area contributed by atoms with Gasteiger partial charge in [-0.15, -0.1) is 0 Å². The van der Waals surface area contributed by atoms with Crippen molar-refractivity contribution in [3.05, 3.63) is 33.8 Å². The molecule has 6 heteroatoms. The average Bonchev–Trinajstić information content (AvgIpc) is 2.45. The number of nitrogens with zero attached hydrogens (tertiary/aromatic N) is 2. The van der Waals surface area contributed by atoms with Crippen molar-refractivity contribution in [3.63, 3.8) is 0 Å². The summed E-state index contributed by atoms with van der Waals surface area (Å²) in [7, 11) is 0. The van der Waals surface area contributed by atoms with Gasteiger partial charge < -0.3 is 15.8 Å². The summed E-state index contributed by atoms with van der Waals surface area (Å²) >= 11 is 3.42. The number of rotatable bonds is 2. The van der Waals surface area contributed by atoms with Gasteiger partial charge >= 0.3 is 0 Å². The molecule has 2 rings (SSSR count). The number of nitrogens with two attached hydrogens (primary N) is 1. The number of carbonyl (C=O) groups is 1. The molecule has 114 valence electrons. The first-order valence-corrected chi connectivity index (χ1v) is 7.69. The predicted octanol–water partition coefficient (Wildman–Crippen LogP) is 2.75. The van der Waals surface area contributed by atoms with E-state index in [0.29, 0.717) is 31.5 Å². The molecular weight excluding hydrogens is 334 g/mol. The first kappa shape index (κ1) is 15.8. The molecular formula is C15H20BrN3O2. The van der Waals surface area contributed by atoms with E-state index in [2.05, 4.69) is 21.1 Å². The second-order valence-electron chi connectivity index (χ2n) is 5.86. The second kappa shape index (κ2) is 6.05. The van der Waals surface area contributed by atoms with E-state index in [1.165, 1.54) is 0 Å². The van der Waals surface area contributed by atoms with Gasteiger partial charge in [-0.1, -0.05) is 28.0 Å². The van der Waals surface area contributed by atoms with Gasteiger partial charge in [-0.3, -0.25) is 4.79 Å². The highest BCUT2D eigenvalue weighted by Crippen LogP contribution is 2.31. The van der Waals surface area contributed by atoms with E-state index in [1.54, 1.807) is 0 Å². The number of carbonyl (C=O) groups excluding carboxylic acids is 1. The fraction of sp³-hybridized carbons (Fsp3) is 0.467. The summed E-state index contributed by atoms with van der Waals surface area (Å²) in [5.41, 5.74) is 7.15. The number of amides is 1. The molecule has 1 aliphatic rings. The van der Waals surface area contributed by atoms with Gasteiger partial charge in [0.2, 0.25) is 0 Å². The highest BCUT2D eigenvalue weighted by Gasteiger charge is 2.35. The van der Waals surface area contributed by atoms with Crippen LogP contribution in [0.2, 0.25) is 0 Å². The van der Waals surface area contributed by atoms with Crippen molar-refractivity contribution in [3.8, 4) is 0 Å². The van der Waals surface area contributed by atoms with E-state index >= 15 is 0 Å². The minimum absolute atomic E-state index is 0.0287. The number of hydrogen-bond donors (Lipinski definition) is 2. The zero-order valence-electron chi connectivity index (χ0n) is 12.3. The molecule has 0 radical (unpaired) electrons. The van der Waals surface area contributed by atoms with Crippen molar-refractivity contribution in [2.45, 2.75) is 26.7 Å². The number of piperidine rings is 1. The Morgan fingerprint density at radius 1 is 1.38 bits per heavy atom. The van der Waals surface area contributed by atoms with Crippen LogP contribution in [0.1, 0.15) is 35.7 Å². The molecule has 0 spiro atoms. The summed E-state index contributed by atoms with van der Waals surface area (Å²) in [6.45, 7) is 5.15. The van der Waals surface area contributed by atoms with E-state index in [4.69, 9.17) is 10.9 Å². The number of benzene rings is 1. The maximum absolute atomic E-state index is 12.5. The van der Waals surface area contributed by atoms with Gasteiger partial charge in [0.05, 0.1) is 0 Å². The van der Waals surface area contributed by atoms with Crippen molar-refractivity contribution in [2.24, 2.45) is 16.3 Å². The molecule has 1 aromatic carbocycles. The molecule has 1 fully saturated rings. The van der Waals surface area contributed by atoms with E-state index in [1.807, 2.05) is 36.9 Å². The molecule has 1 aromatic rings. The van der Waals surface area contributed by atoms with Crippen LogP contribution < -0.4 is 5.73 Å². The number of aryl methyl sites for hydroxylation is 1. The Morgan fingerprint density at radius 3 is 2.52 bits per heavy atom. The third kappa shape index (κ3) is 3.37. The lowest BCUT2D eigenvalue weighted by Crippen LogP contribution is -2.47. The van der Waals surface area contributed by atoms with Gasteiger partial charge in [-0.2, -0.15) is 0 Å². The lowest BCUT2D eigenvalue weighted by atomic mass is 9.79. The van der Waals surface area contributed by atoms with Crippen molar-refractivity contribution in [1.29, 1.82) is 0 Å². The minimum Gasteiger partial charge on any atom is -0.409 e. The van der Waals surface area contributed by atoms with Gasteiger partial charge in [-0.05, 0) is 43.5 Å². The largest absolute Gasteiger partial charge is 0.409 e. The molecule has 1 aliphatic heterocycles. The smallest absolute Gasteiger partial charge is 0.253 e. The van der Waals surface area contributed by atoms with Gasteiger partial charge in [0.15, 0.2) is 0 Å². The molecule has 3 N–H and O–H groups in total. The average molecular weight is 354 g/mol. The van der Waals surface area contributed by atoms with Crippen molar-refractivity contribution in [2.75, 3.05) is 13.1 Å². The maximum Gasteiger partial charge on any atom is 0.253 e. The molecule has 0 saturated carbocycles. The van der Waals surface area contributed by atoms with E-state index in [9.17, 15) is 4.79 Å². The summed E-state index contributed by atoms with van der Waals surface area (Å²) in [5.74, 6) is 0.272.